The Morgan fingerprint density at radius 3 is 1.42 bits per heavy atom. The molecule has 2 heteroatoms. The molecular weight excluding hydrogens is 294 g/mol. The predicted octanol–water partition coefficient (Wildman–Crippen LogP) is 6.73. The van der Waals surface area contributed by atoms with Crippen LogP contribution in [-0.2, 0) is 6.42 Å². The first-order valence-electron chi connectivity index (χ1n) is 10.5. The zero-order valence-electron chi connectivity index (χ0n) is 16.0. The summed E-state index contributed by atoms with van der Waals surface area (Å²) in [6.45, 7) is 2.28. The first-order chi connectivity index (χ1) is 11.8. The van der Waals surface area contributed by atoms with Crippen molar-refractivity contribution in [2.75, 3.05) is 0 Å². The van der Waals surface area contributed by atoms with E-state index >= 15 is 0 Å². The maximum absolute atomic E-state index is 11.0. The van der Waals surface area contributed by atoms with Gasteiger partial charge in [-0.1, -0.05) is 96.8 Å². The zero-order valence-corrected chi connectivity index (χ0v) is 16.0. The van der Waals surface area contributed by atoms with E-state index in [1.165, 1.54) is 102 Å². The Labute approximate surface area is 150 Å². The summed E-state index contributed by atoms with van der Waals surface area (Å²) in [5, 5.41) is 11.0. The van der Waals surface area contributed by atoms with Crippen molar-refractivity contribution in [1.82, 2.24) is 0 Å². The Kier molecular flexibility index (Phi) is 13.5. The van der Waals surface area contributed by atoms with Crippen molar-refractivity contribution in [1.29, 1.82) is 0 Å². The van der Waals surface area contributed by atoms with Crippen LogP contribution in [-0.4, -0.2) is 0 Å². The highest BCUT2D eigenvalue weighted by atomic mass is 16.5. The van der Waals surface area contributed by atoms with Crippen LogP contribution in [0.2, 0.25) is 0 Å². The van der Waals surface area contributed by atoms with E-state index in [2.05, 4.69) is 6.92 Å². The minimum atomic E-state index is 0.857. The lowest BCUT2D eigenvalue weighted by molar-refractivity contribution is -0.605. The second-order valence-corrected chi connectivity index (χ2v) is 7.27. The van der Waals surface area contributed by atoms with E-state index < -0.39 is 0 Å². The van der Waals surface area contributed by atoms with Crippen molar-refractivity contribution in [3.8, 4) is 0 Å². The Balaban J connectivity index is 1.75. The molecule has 0 aliphatic rings. The van der Waals surface area contributed by atoms with E-state index in [0.29, 0.717) is 0 Å². The molecule has 0 aromatic carbocycles. The molecule has 0 amide bonds. The maximum atomic E-state index is 11.0. The van der Waals surface area contributed by atoms with Crippen LogP contribution in [0.15, 0.2) is 24.5 Å². The van der Waals surface area contributed by atoms with Crippen molar-refractivity contribution < 1.29 is 4.73 Å². The molecule has 0 N–H and O–H groups in total. The predicted molar refractivity (Wildman–Crippen MR) is 104 cm³/mol. The summed E-state index contributed by atoms with van der Waals surface area (Å²) in [4.78, 5) is 0. The summed E-state index contributed by atoms with van der Waals surface area (Å²) in [5.41, 5.74) is 1.29. The number of pyridine rings is 1. The van der Waals surface area contributed by atoms with Crippen LogP contribution in [0.5, 0.6) is 0 Å². The fraction of sp³-hybridized carbons (Fsp3) is 0.773. The molecule has 0 aliphatic carbocycles. The molecule has 0 atom stereocenters. The molecule has 0 spiro atoms. The van der Waals surface area contributed by atoms with Crippen LogP contribution in [0.3, 0.4) is 0 Å². The smallest absolute Gasteiger partial charge is 0.180 e. The molecule has 0 unspecified atom stereocenters. The van der Waals surface area contributed by atoms with Crippen molar-refractivity contribution in [2.24, 2.45) is 0 Å². The average molecular weight is 334 g/mol. The molecule has 0 saturated carbocycles. The first kappa shape index (κ1) is 21.0. The zero-order chi connectivity index (χ0) is 17.3. The van der Waals surface area contributed by atoms with E-state index in [4.69, 9.17) is 0 Å². The second kappa shape index (κ2) is 15.5. The first-order valence-corrected chi connectivity index (χ1v) is 10.5. The Morgan fingerprint density at radius 1 is 0.625 bits per heavy atom. The molecule has 0 bridgehead atoms. The van der Waals surface area contributed by atoms with E-state index in [9.17, 15) is 5.21 Å². The number of hydrogen-bond donors (Lipinski definition) is 0. The highest BCUT2D eigenvalue weighted by molar-refractivity contribution is 5.07. The molecule has 1 aromatic rings. The van der Waals surface area contributed by atoms with Crippen LogP contribution < -0.4 is 4.73 Å². The van der Waals surface area contributed by atoms with Gasteiger partial charge in [0, 0.05) is 12.1 Å². The molecule has 138 valence electrons. The van der Waals surface area contributed by atoms with E-state index in [1.54, 1.807) is 12.4 Å². The average Bonchev–Trinajstić information content (AvgIpc) is 2.60. The summed E-state index contributed by atoms with van der Waals surface area (Å²) in [7, 11) is 0. The summed E-state index contributed by atoms with van der Waals surface area (Å²) in [6.07, 6.45) is 25.4. The molecule has 0 aliphatic heterocycles. The topological polar surface area (TPSA) is 26.9 Å². The minimum absolute atomic E-state index is 0.857. The van der Waals surface area contributed by atoms with Gasteiger partial charge in [-0.3, -0.25) is 0 Å². The lowest BCUT2D eigenvalue weighted by atomic mass is 10.0. The van der Waals surface area contributed by atoms with Crippen LogP contribution in [0.1, 0.15) is 109 Å². The number of unbranched alkanes of at least 4 members (excludes halogenated alkanes) is 14. The number of rotatable bonds is 16. The highest BCUT2D eigenvalue weighted by Gasteiger charge is 1.97. The van der Waals surface area contributed by atoms with Gasteiger partial charge in [-0.25, -0.2) is 0 Å². The minimum Gasteiger partial charge on any atom is -0.619 e. The lowest BCUT2D eigenvalue weighted by Crippen LogP contribution is -2.23. The highest BCUT2D eigenvalue weighted by Crippen LogP contribution is 2.14. The Hall–Kier alpha value is -1.05. The number of aryl methyl sites for hydroxylation is 1. The fourth-order valence-corrected chi connectivity index (χ4v) is 3.31. The molecule has 24 heavy (non-hydrogen) atoms. The van der Waals surface area contributed by atoms with Gasteiger partial charge in [0.15, 0.2) is 12.4 Å². The molecule has 1 heterocycles. The third-order valence-corrected chi connectivity index (χ3v) is 4.94. The molecule has 1 aromatic heterocycles. The van der Waals surface area contributed by atoms with E-state index in [0.717, 1.165) is 11.2 Å². The monoisotopic (exact) mass is 333 g/mol. The standard InChI is InChI=1S/C22H39NO/c1-2-3-4-5-6-7-8-9-10-11-12-13-14-15-16-17-22-18-20-23(24)21-19-22/h18-21H,2-17H2,1H3. The van der Waals surface area contributed by atoms with Crippen molar-refractivity contribution in [3.05, 3.63) is 35.3 Å². The second-order valence-electron chi connectivity index (χ2n) is 7.27. The summed E-state index contributed by atoms with van der Waals surface area (Å²) >= 11 is 0. The fourth-order valence-electron chi connectivity index (χ4n) is 3.31. The van der Waals surface area contributed by atoms with Gasteiger partial charge in [-0.05, 0) is 18.4 Å². The maximum Gasteiger partial charge on any atom is 0.180 e. The molecule has 1 rings (SSSR count). The third-order valence-electron chi connectivity index (χ3n) is 4.94. The van der Waals surface area contributed by atoms with Gasteiger partial charge in [0.05, 0.1) is 0 Å². The third kappa shape index (κ3) is 12.4. The number of aromatic nitrogens is 1. The molecular formula is C22H39NO. The summed E-state index contributed by atoms with van der Waals surface area (Å²) < 4.78 is 0.857. The SMILES string of the molecule is CCCCCCCCCCCCCCCCCc1cc[n+]([O-])cc1. The van der Waals surface area contributed by atoms with Crippen molar-refractivity contribution >= 4 is 0 Å². The van der Waals surface area contributed by atoms with Crippen LogP contribution in [0, 0.1) is 5.21 Å². The van der Waals surface area contributed by atoms with Gasteiger partial charge >= 0.3 is 0 Å². The van der Waals surface area contributed by atoms with Crippen molar-refractivity contribution in [3.63, 3.8) is 0 Å². The van der Waals surface area contributed by atoms with Gasteiger partial charge in [0.1, 0.15) is 0 Å². The van der Waals surface area contributed by atoms with Gasteiger partial charge in [-0.2, -0.15) is 4.73 Å². The van der Waals surface area contributed by atoms with Gasteiger partial charge < -0.3 is 5.21 Å². The van der Waals surface area contributed by atoms with E-state index in [-0.39, 0.29) is 0 Å². The Bertz CT molecular complexity index is 374. The number of hydrogen-bond acceptors (Lipinski definition) is 1. The van der Waals surface area contributed by atoms with Gasteiger partial charge in [0.2, 0.25) is 0 Å². The molecule has 2 nitrogen and oxygen atoms in total. The van der Waals surface area contributed by atoms with Crippen LogP contribution in [0.25, 0.3) is 0 Å². The quantitative estimate of drug-likeness (QED) is 0.187. The normalized spacial score (nSPS) is 11.0. The molecule has 0 saturated heterocycles. The van der Waals surface area contributed by atoms with E-state index in [1.807, 2.05) is 12.1 Å². The largest absolute Gasteiger partial charge is 0.619 e. The van der Waals surface area contributed by atoms with Crippen LogP contribution in [0.4, 0.5) is 0 Å². The van der Waals surface area contributed by atoms with Gasteiger partial charge in [-0.15, -0.1) is 0 Å². The molecule has 0 fully saturated rings. The lowest BCUT2D eigenvalue weighted by Gasteiger charge is -2.04. The summed E-state index contributed by atoms with van der Waals surface area (Å²) in [6, 6.07) is 3.88. The van der Waals surface area contributed by atoms with Crippen molar-refractivity contribution in [2.45, 2.75) is 110 Å². The summed E-state index contributed by atoms with van der Waals surface area (Å²) in [5.74, 6) is 0. The van der Waals surface area contributed by atoms with Crippen LogP contribution >= 0.6 is 0 Å². The Morgan fingerprint density at radius 2 is 1.00 bits per heavy atom. The van der Waals surface area contributed by atoms with Gasteiger partial charge in [0.25, 0.3) is 0 Å². The number of nitrogens with zero attached hydrogens (tertiary/aromatic N) is 1. The molecule has 0 radical (unpaired) electrons.